The molecular weight excluding hydrogens is 244 g/mol. The summed E-state index contributed by atoms with van der Waals surface area (Å²) >= 11 is 1.57. The average molecular weight is 258 g/mol. The third-order valence-corrected chi connectivity index (χ3v) is 3.93. The van der Waals surface area contributed by atoms with Crippen LogP contribution in [0.1, 0.15) is 28.1 Å². The maximum atomic E-state index is 11.1. The molecule has 0 saturated carbocycles. The lowest BCUT2D eigenvalue weighted by atomic mass is 10.2. The quantitative estimate of drug-likeness (QED) is 0.833. The lowest BCUT2D eigenvalue weighted by Crippen LogP contribution is -1.99. The molecule has 2 aromatic rings. The van der Waals surface area contributed by atoms with Crippen molar-refractivity contribution < 1.29 is 9.90 Å². The Morgan fingerprint density at radius 3 is 2.33 bits per heavy atom. The first-order valence-corrected chi connectivity index (χ1v) is 6.60. The highest BCUT2D eigenvalue weighted by Gasteiger charge is 2.13. The van der Waals surface area contributed by atoms with E-state index in [-0.39, 0.29) is 5.25 Å². The molecule has 0 amide bonds. The normalized spacial score (nSPS) is 12.1. The fourth-order valence-corrected chi connectivity index (χ4v) is 2.84. The number of rotatable bonds is 4. The van der Waals surface area contributed by atoms with Crippen LogP contribution in [0.3, 0.4) is 0 Å². The van der Waals surface area contributed by atoms with Gasteiger partial charge < -0.3 is 5.11 Å². The van der Waals surface area contributed by atoms with E-state index < -0.39 is 5.97 Å². The number of carboxylic acids is 1. The molecule has 0 fully saturated rings. The van der Waals surface area contributed by atoms with Crippen molar-refractivity contribution in [2.75, 3.05) is 0 Å². The van der Waals surface area contributed by atoms with Gasteiger partial charge in [0.15, 0.2) is 0 Å². The molecule has 92 valence electrons. The number of benzene rings is 2. The number of thioether (sulfide) groups is 1. The highest BCUT2D eigenvalue weighted by molar-refractivity contribution is 7.99. The van der Waals surface area contributed by atoms with Crippen molar-refractivity contribution >= 4 is 17.7 Å². The van der Waals surface area contributed by atoms with Gasteiger partial charge in [-0.15, -0.1) is 11.8 Å². The van der Waals surface area contributed by atoms with Gasteiger partial charge >= 0.3 is 5.97 Å². The Hall–Kier alpha value is -1.74. The number of carbonyl (C=O) groups is 1. The first-order chi connectivity index (χ1) is 8.68. The van der Waals surface area contributed by atoms with Gasteiger partial charge in [0.25, 0.3) is 0 Å². The molecule has 0 saturated heterocycles. The van der Waals surface area contributed by atoms with Crippen molar-refractivity contribution in [3.8, 4) is 0 Å². The fourth-order valence-electron chi connectivity index (χ4n) is 1.73. The van der Waals surface area contributed by atoms with Crippen LogP contribution < -0.4 is 0 Å². The van der Waals surface area contributed by atoms with E-state index in [0.29, 0.717) is 5.56 Å². The molecule has 1 unspecified atom stereocenters. The third kappa shape index (κ3) is 2.93. The van der Waals surface area contributed by atoms with Gasteiger partial charge in [0, 0.05) is 10.1 Å². The lowest BCUT2D eigenvalue weighted by molar-refractivity contribution is 0.0693. The Morgan fingerprint density at radius 2 is 1.67 bits per heavy atom. The molecule has 2 nitrogen and oxygen atoms in total. The van der Waals surface area contributed by atoms with Crippen LogP contribution >= 0.6 is 11.8 Å². The maximum absolute atomic E-state index is 11.1. The van der Waals surface area contributed by atoms with E-state index in [1.54, 1.807) is 23.9 Å². The molecule has 1 N–H and O–H groups in total. The van der Waals surface area contributed by atoms with Crippen LogP contribution in [-0.2, 0) is 0 Å². The predicted octanol–water partition coefficient (Wildman–Crippen LogP) is 4.24. The van der Waals surface area contributed by atoms with Crippen molar-refractivity contribution in [1.82, 2.24) is 0 Å². The zero-order valence-electron chi connectivity index (χ0n) is 10.0. The van der Waals surface area contributed by atoms with Crippen LogP contribution in [0.25, 0.3) is 0 Å². The van der Waals surface area contributed by atoms with E-state index in [2.05, 4.69) is 19.1 Å². The molecule has 1 atom stereocenters. The molecular formula is C15H14O2S. The highest BCUT2D eigenvalue weighted by atomic mass is 32.2. The van der Waals surface area contributed by atoms with E-state index in [9.17, 15) is 4.79 Å². The lowest BCUT2D eigenvalue weighted by Gasteiger charge is -2.13. The van der Waals surface area contributed by atoms with Gasteiger partial charge in [-0.25, -0.2) is 4.79 Å². The van der Waals surface area contributed by atoms with E-state index in [4.69, 9.17) is 5.11 Å². The van der Waals surface area contributed by atoms with Crippen LogP contribution in [0, 0.1) is 0 Å². The minimum atomic E-state index is -0.877. The van der Waals surface area contributed by atoms with Crippen molar-refractivity contribution in [2.24, 2.45) is 0 Å². The molecule has 0 aliphatic rings. The Kier molecular flexibility index (Phi) is 4.05. The van der Waals surface area contributed by atoms with Gasteiger partial charge in [-0.1, -0.05) is 42.5 Å². The summed E-state index contributed by atoms with van der Waals surface area (Å²) in [5.74, 6) is -0.877. The topological polar surface area (TPSA) is 37.3 Å². The monoisotopic (exact) mass is 258 g/mol. The zero-order valence-corrected chi connectivity index (χ0v) is 10.9. The fraction of sp³-hybridized carbons (Fsp3) is 0.133. The van der Waals surface area contributed by atoms with E-state index >= 15 is 0 Å². The molecule has 18 heavy (non-hydrogen) atoms. The number of carboxylic acid groups (broad SMARTS) is 1. The molecule has 0 bridgehead atoms. The second-order valence-corrected chi connectivity index (χ2v) is 5.35. The summed E-state index contributed by atoms with van der Waals surface area (Å²) in [5.41, 5.74) is 1.56. The summed E-state index contributed by atoms with van der Waals surface area (Å²) in [6.45, 7) is 2.08. The smallest absolute Gasteiger partial charge is 0.336 e. The van der Waals surface area contributed by atoms with Gasteiger partial charge in [0.1, 0.15) is 0 Å². The number of aromatic carboxylic acids is 1. The van der Waals surface area contributed by atoms with Crippen LogP contribution in [0.5, 0.6) is 0 Å². The van der Waals surface area contributed by atoms with Crippen molar-refractivity contribution in [1.29, 1.82) is 0 Å². The van der Waals surface area contributed by atoms with Crippen molar-refractivity contribution in [3.63, 3.8) is 0 Å². The molecule has 0 radical (unpaired) electrons. The molecule has 0 spiro atoms. The standard InChI is InChI=1S/C15H14O2S/c1-11(12-7-3-2-4-8-12)18-14-10-6-5-9-13(14)15(16)17/h2-11H,1H3,(H,16,17). The molecule has 0 aliphatic carbocycles. The summed E-state index contributed by atoms with van der Waals surface area (Å²) in [4.78, 5) is 11.9. The molecule has 2 rings (SSSR count). The summed E-state index contributed by atoms with van der Waals surface area (Å²) in [7, 11) is 0. The number of hydrogen-bond donors (Lipinski definition) is 1. The summed E-state index contributed by atoms with van der Waals surface area (Å²) in [6.07, 6.45) is 0. The maximum Gasteiger partial charge on any atom is 0.336 e. The van der Waals surface area contributed by atoms with E-state index in [1.165, 1.54) is 5.56 Å². The van der Waals surface area contributed by atoms with Crippen molar-refractivity contribution in [3.05, 3.63) is 65.7 Å². The van der Waals surface area contributed by atoms with Gasteiger partial charge in [-0.05, 0) is 24.6 Å². The summed E-state index contributed by atoms with van der Waals surface area (Å²) in [5, 5.41) is 9.36. The molecule has 2 aromatic carbocycles. The summed E-state index contributed by atoms with van der Waals surface area (Å²) < 4.78 is 0. The minimum absolute atomic E-state index is 0.228. The van der Waals surface area contributed by atoms with Crippen LogP contribution in [0.2, 0.25) is 0 Å². The Labute approximate surface area is 111 Å². The van der Waals surface area contributed by atoms with E-state index in [1.807, 2.05) is 30.3 Å². The van der Waals surface area contributed by atoms with Gasteiger partial charge in [0.05, 0.1) is 5.56 Å². The van der Waals surface area contributed by atoms with Crippen LogP contribution in [0.4, 0.5) is 0 Å². The molecule has 3 heteroatoms. The largest absolute Gasteiger partial charge is 0.478 e. The average Bonchev–Trinajstić information content (AvgIpc) is 2.40. The molecule has 0 aliphatic heterocycles. The zero-order chi connectivity index (χ0) is 13.0. The second-order valence-electron chi connectivity index (χ2n) is 3.97. The highest BCUT2D eigenvalue weighted by Crippen LogP contribution is 2.36. The molecule has 0 heterocycles. The number of hydrogen-bond acceptors (Lipinski definition) is 2. The van der Waals surface area contributed by atoms with Crippen LogP contribution in [-0.4, -0.2) is 11.1 Å². The SMILES string of the molecule is CC(Sc1ccccc1C(=O)O)c1ccccc1. The van der Waals surface area contributed by atoms with Crippen LogP contribution in [0.15, 0.2) is 59.5 Å². The second kappa shape index (κ2) is 5.74. The summed E-state index contributed by atoms with van der Waals surface area (Å²) in [6, 6.07) is 17.2. The van der Waals surface area contributed by atoms with E-state index in [0.717, 1.165) is 4.90 Å². The minimum Gasteiger partial charge on any atom is -0.478 e. The van der Waals surface area contributed by atoms with Gasteiger partial charge in [-0.3, -0.25) is 0 Å². The molecule has 0 aromatic heterocycles. The Bertz CT molecular complexity index is 537. The van der Waals surface area contributed by atoms with Gasteiger partial charge in [-0.2, -0.15) is 0 Å². The van der Waals surface area contributed by atoms with Gasteiger partial charge in [0.2, 0.25) is 0 Å². The third-order valence-electron chi connectivity index (χ3n) is 2.69. The predicted molar refractivity (Wildman–Crippen MR) is 74.1 cm³/mol. The first-order valence-electron chi connectivity index (χ1n) is 5.72. The van der Waals surface area contributed by atoms with Crippen molar-refractivity contribution in [2.45, 2.75) is 17.1 Å². The Morgan fingerprint density at radius 1 is 1.06 bits per heavy atom. The Balaban J connectivity index is 2.22. The first kappa shape index (κ1) is 12.7.